The van der Waals surface area contributed by atoms with Crippen molar-refractivity contribution in [2.75, 3.05) is 30.9 Å². The van der Waals surface area contributed by atoms with Crippen molar-refractivity contribution in [2.24, 2.45) is 11.8 Å². The molecule has 2 unspecified atom stereocenters. The van der Waals surface area contributed by atoms with Gasteiger partial charge < -0.3 is 15.5 Å². The number of carbonyl (C=O) groups excluding carboxylic acids is 2. The van der Waals surface area contributed by atoms with E-state index in [-0.39, 0.29) is 23.7 Å². The minimum atomic E-state index is -0.219. The van der Waals surface area contributed by atoms with Gasteiger partial charge in [0.1, 0.15) is 0 Å². The summed E-state index contributed by atoms with van der Waals surface area (Å²) < 4.78 is 0. The zero-order valence-corrected chi connectivity index (χ0v) is 12.4. The van der Waals surface area contributed by atoms with Gasteiger partial charge in [-0.2, -0.15) is 0 Å². The normalized spacial score (nSPS) is 19.5. The first kappa shape index (κ1) is 15.1. The lowest BCUT2D eigenvalue weighted by atomic mass is 10.2. The third-order valence-corrected chi connectivity index (χ3v) is 3.54. The van der Waals surface area contributed by atoms with Crippen molar-refractivity contribution in [2.45, 2.75) is 6.42 Å². The molecule has 1 saturated carbocycles. The fraction of sp³-hybridized carbons (Fsp3) is 0.375. The molecule has 5 heteroatoms. The van der Waals surface area contributed by atoms with Gasteiger partial charge in [-0.05, 0) is 30.7 Å². The lowest BCUT2D eigenvalue weighted by Gasteiger charge is -2.13. The van der Waals surface area contributed by atoms with Crippen LogP contribution in [0.3, 0.4) is 0 Å². The second kappa shape index (κ2) is 6.43. The van der Waals surface area contributed by atoms with Gasteiger partial charge in [0, 0.05) is 32.0 Å². The molecule has 0 bridgehead atoms. The molecule has 0 heterocycles. The minimum absolute atomic E-state index is 0.0713. The number of hydrogen-bond donors (Lipinski definition) is 2. The van der Waals surface area contributed by atoms with E-state index in [0.29, 0.717) is 13.0 Å². The van der Waals surface area contributed by atoms with Crippen LogP contribution in [0.25, 0.3) is 0 Å². The maximum atomic E-state index is 12.1. The molecule has 1 aromatic rings. The fourth-order valence-electron chi connectivity index (χ4n) is 2.16. The predicted molar refractivity (Wildman–Crippen MR) is 84.2 cm³/mol. The number of benzene rings is 1. The molecule has 1 fully saturated rings. The number of rotatable bonds is 6. The molecule has 2 atom stereocenters. The molecule has 0 aromatic heterocycles. The van der Waals surface area contributed by atoms with Crippen LogP contribution >= 0.6 is 0 Å². The van der Waals surface area contributed by atoms with Gasteiger partial charge >= 0.3 is 0 Å². The first-order valence-corrected chi connectivity index (χ1v) is 6.99. The SMILES string of the molecule is C=CCNC(=O)C1CC1C(=O)Nc1ccc(N(C)C)cc1. The molecule has 0 aliphatic heterocycles. The first-order chi connectivity index (χ1) is 10.0. The van der Waals surface area contributed by atoms with Crippen molar-refractivity contribution in [3.05, 3.63) is 36.9 Å². The zero-order valence-electron chi connectivity index (χ0n) is 12.4. The minimum Gasteiger partial charge on any atom is -0.378 e. The van der Waals surface area contributed by atoms with Gasteiger partial charge in [-0.15, -0.1) is 6.58 Å². The van der Waals surface area contributed by atoms with E-state index in [2.05, 4.69) is 17.2 Å². The van der Waals surface area contributed by atoms with Crippen molar-refractivity contribution in [1.82, 2.24) is 5.32 Å². The van der Waals surface area contributed by atoms with E-state index in [4.69, 9.17) is 0 Å². The Morgan fingerprint density at radius 3 is 2.43 bits per heavy atom. The monoisotopic (exact) mass is 287 g/mol. The van der Waals surface area contributed by atoms with Gasteiger partial charge in [0.2, 0.25) is 11.8 Å². The second-order valence-electron chi connectivity index (χ2n) is 5.41. The highest BCUT2D eigenvalue weighted by Gasteiger charge is 2.47. The van der Waals surface area contributed by atoms with E-state index >= 15 is 0 Å². The number of anilines is 2. The van der Waals surface area contributed by atoms with Crippen molar-refractivity contribution in [1.29, 1.82) is 0 Å². The van der Waals surface area contributed by atoms with E-state index in [9.17, 15) is 9.59 Å². The van der Waals surface area contributed by atoms with Gasteiger partial charge in [0.05, 0.1) is 11.8 Å². The average Bonchev–Trinajstić information content (AvgIpc) is 3.26. The lowest BCUT2D eigenvalue weighted by Crippen LogP contribution is -2.27. The summed E-state index contributed by atoms with van der Waals surface area (Å²) in [5.41, 5.74) is 1.82. The van der Waals surface area contributed by atoms with Crippen molar-refractivity contribution in [3.8, 4) is 0 Å². The van der Waals surface area contributed by atoms with E-state index in [1.54, 1.807) is 6.08 Å². The average molecular weight is 287 g/mol. The molecule has 2 rings (SSSR count). The smallest absolute Gasteiger partial charge is 0.228 e. The Labute approximate surface area is 125 Å². The molecule has 2 amide bonds. The fourth-order valence-corrected chi connectivity index (χ4v) is 2.16. The molecule has 112 valence electrons. The maximum Gasteiger partial charge on any atom is 0.228 e. The largest absolute Gasteiger partial charge is 0.378 e. The molecule has 21 heavy (non-hydrogen) atoms. The molecule has 1 aliphatic carbocycles. The predicted octanol–water partition coefficient (Wildman–Crippen LogP) is 1.63. The molecular weight excluding hydrogens is 266 g/mol. The van der Waals surface area contributed by atoms with Crippen LogP contribution in [0.15, 0.2) is 36.9 Å². The molecule has 1 aliphatic rings. The van der Waals surface area contributed by atoms with Crippen molar-refractivity contribution in [3.63, 3.8) is 0 Å². The summed E-state index contributed by atoms with van der Waals surface area (Å²) in [5, 5.41) is 5.57. The highest BCUT2D eigenvalue weighted by atomic mass is 16.2. The van der Waals surface area contributed by atoms with Gasteiger partial charge in [0.15, 0.2) is 0 Å². The van der Waals surface area contributed by atoms with Crippen LogP contribution in [0.2, 0.25) is 0 Å². The molecule has 0 spiro atoms. The second-order valence-corrected chi connectivity index (χ2v) is 5.41. The van der Waals surface area contributed by atoms with Gasteiger partial charge in [0.25, 0.3) is 0 Å². The number of amides is 2. The van der Waals surface area contributed by atoms with Crippen LogP contribution in [0.4, 0.5) is 11.4 Å². The lowest BCUT2D eigenvalue weighted by molar-refractivity contribution is -0.125. The number of nitrogens with zero attached hydrogens (tertiary/aromatic N) is 1. The van der Waals surface area contributed by atoms with E-state index < -0.39 is 0 Å². The summed E-state index contributed by atoms with van der Waals surface area (Å²) in [4.78, 5) is 25.8. The Morgan fingerprint density at radius 1 is 1.24 bits per heavy atom. The van der Waals surface area contributed by atoms with Crippen LogP contribution in [-0.2, 0) is 9.59 Å². The van der Waals surface area contributed by atoms with Gasteiger partial charge in [-0.1, -0.05) is 6.08 Å². The molecule has 1 aromatic carbocycles. The third kappa shape index (κ3) is 3.84. The van der Waals surface area contributed by atoms with Crippen LogP contribution in [0.5, 0.6) is 0 Å². The van der Waals surface area contributed by atoms with Crippen LogP contribution in [0.1, 0.15) is 6.42 Å². The summed E-state index contributed by atoms with van der Waals surface area (Å²) in [7, 11) is 3.93. The van der Waals surface area contributed by atoms with Gasteiger partial charge in [-0.3, -0.25) is 9.59 Å². The highest BCUT2D eigenvalue weighted by molar-refractivity contribution is 5.99. The third-order valence-electron chi connectivity index (χ3n) is 3.54. The maximum absolute atomic E-state index is 12.1. The molecular formula is C16H21N3O2. The summed E-state index contributed by atoms with van der Waals surface area (Å²) in [5.74, 6) is -0.585. The quantitative estimate of drug-likeness (QED) is 0.782. The van der Waals surface area contributed by atoms with Crippen LogP contribution in [-0.4, -0.2) is 32.5 Å². The number of carbonyl (C=O) groups is 2. The molecule has 0 saturated heterocycles. The zero-order chi connectivity index (χ0) is 15.4. The number of hydrogen-bond acceptors (Lipinski definition) is 3. The topological polar surface area (TPSA) is 61.4 Å². The summed E-state index contributed by atoms with van der Waals surface area (Å²) in [6, 6.07) is 7.61. The first-order valence-electron chi connectivity index (χ1n) is 6.99. The Hall–Kier alpha value is -2.30. The van der Waals surface area contributed by atoms with E-state index in [0.717, 1.165) is 11.4 Å². The van der Waals surface area contributed by atoms with E-state index in [1.165, 1.54) is 0 Å². The van der Waals surface area contributed by atoms with Crippen LogP contribution in [0, 0.1) is 11.8 Å². The summed E-state index contributed by atoms with van der Waals surface area (Å²) >= 11 is 0. The Balaban J connectivity index is 1.85. The Bertz CT molecular complexity index is 537. The summed E-state index contributed by atoms with van der Waals surface area (Å²) in [6.07, 6.45) is 2.24. The van der Waals surface area contributed by atoms with Crippen LogP contribution < -0.4 is 15.5 Å². The highest BCUT2D eigenvalue weighted by Crippen LogP contribution is 2.39. The molecule has 5 nitrogen and oxygen atoms in total. The summed E-state index contributed by atoms with van der Waals surface area (Å²) in [6.45, 7) is 3.98. The number of nitrogens with one attached hydrogen (secondary N) is 2. The van der Waals surface area contributed by atoms with Gasteiger partial charge in [-0.25, -0.2) is 0 Å². The molecule has 0 radical (unpaired) electrons. The molecule has 2 N–H and O–H groups in total. The van der Waals surface area contributed by atoms with Crippen molar-refractivity contribution < 1.29 is 9.59 Å². The Kier molecular flexibility index (Phi) is 4.62. The standard InChI is InChI=1S/C16H21N3O2/c1-4-9-17-15(20)13-10-14(13)16(21)18-11-5-7-12(8-6-11)19(2)3/h4-8,13-14H,1,9-10H2,2-3H3,(H,17,20)(H,18,21). The Morgan fingerprint density at radius 2 is 1.86 bits per heavy atom. The van der Waals surface area contributed by atoms with E-state index in [1.807, 2.05) is 43.3 Å². The van der Waals surface area contributed by atoms with Crippen molar-refractivity contribution >= 4 is 23.2 Å².